The molecule has 4 heteroatoms. The van der Waals surface area contributed by atoms with Crippen LogP contribution in [0.15, 0.2) is 24.3 Å². The van der Waals surface area contributed by atoms with Crippen molar-refractivity contribution in [2.24, 2.45) is 0 Å². The minimum atomic E-state index is 0.510. The Kier molecular flexibility index (Phi) is 2.88. The van der Waals surface area contributed by atoms with Crippen molar-refractivity contribution in [2.45, 2.75) is 6.92 Å². The molecule has 0 bridgehead atoms. The van der Waals surface area contributed by atoms with Crippen LogP contribution in [-0.2, 0) is 0 Å². The fraction of sp³-hybridized carbons (Fsp3) is 0.167. The molecule has 0 amide bonds. The topological polar surface area (TPSA) is 45.9 Å². The molecule has 1 heterocycles. The van der Waals surface area contributed by atoms with Crippen LogP contribution in [0, 0.1) is 18.3 Å². The molecular weight excluding hydrogens is 220 g/mol. The van der Waals surface area contributed by atoms with E-state index < -0.39 is 0 Å². The molecular formula is C12H10N2OS. The van der Waals surface area contributed by atoms with Gasteiger partial charge in [-0.3, -0.25) is 0 Å². The second-order valence-corrected chi connectivity index (χ2v) is 4.47. The number of thiazole rings is 1. The summed E-state index contributed by atoms with van der Waals surface area (Å²) >= 11 is 1.53. The highest BCUT2D eigenvalue weighted by molar-refractivity contribution is 7.15. The van der Waals surface area contributed by atoms with E-state index >= 15 is 0 Å². The van der Waals surface area contributed by atoms with Gasteiger partial charge in [0.25, 0.3) is 0 Å². The molecule has 3 nitrogen and oxygen atoms in total. The lowest BCUT2D eigenvalue weighted by atomic mass is 10.2. The van der Waals surface area contributed by atoms with Gasteiger partial charge in [-0.05, 0) is 31.2 Å². The number of benzene rings is 1. The minimum absolute atomic E-state index is 0.510. The largest absolute Gasteiger partial charge is 0.497 e. The van der Waals surface area contributed by atoms with E-state index in [1.54, 1.807) is 7.11 Å². The number of nitrogens with zero attached hydrogens (tertiary/aromatic N) is 2. The molecule has 0 unspecified atom stereocenters. The van der Waals surface area contributed by atoms with Crippen LogP contribution in [0.3, 0.4) is 0 Å². The van der Waals surface area contributed by atoms with E-state index in [-0.39, 0.29) is 0 Å². The summed E-state index contributed by atoms with van der Waals surface area (Å²) in [5, 5.41) is 9.71. The molecule has 1 aromatic carbocycles. The first-order valence-corrected chi connectivity index (χ1v) is 5.58. The molecule has 16 heavy (non-hydrogen) atoms. The smallest absolute Gasteiger partial charge is 0.155 e. The lowest BCUT2D eigenvalue weighted by molar-refractivity contribution is 0.415. The average molecular weight is 230 g/mol. The Bertz CT molecular complexity index is 537. The number of aromatic nitrogens is 1. The summed E-state index contributed by atoms with van der Waals surface area (Å²) in [4.78, 5) is 5.22. The molecule has 1 aromatic heterocycles. The van der Waals surface area contributed by atoms with E-state index in [9.17, 15) is 0 Å². The van der Waals surface area contributed by atoms with Crippen molar-refractivity contribution in [1.82, 2.24) is 4.98 Å². The van der Waals surface area contributed by atoms with Gasteiger partial charge in [-0.15, -0.1) is 11.3 Å². The number of rotatable bonds is 2. The molecule has 0 aliphatic carbocycles. The summed E-state index contributed by atoms with van der Waals surface area (Å²) in [5.41, 5.74) is 1.52. The molecule has 0 saturated carbocycles. The molecule has 0 fully saturated rings. The van der Waals surface area contributed by atoms with Crippen molar-refractivity contribution < 1.29 is 4.74 Å². The van der Waals surface area contributed by atoms with Crippen molar-refractivity contribution >= 4 is 11.3 Å². The summed E-state index contributed by atoms with van der Waals surface area (Å²) in [6.07, 6.45) is 0. The first-order valence-electron chi connectivity index (χ1n) is 4.76. The minimum Gasteiger partial charge on any atom is -0.497 e. The number of methoxy groups -OCH3 is 1. The molecule has 80 valence electrons. The maximum absolute atomic E-state index is 8.84. The van der Waals surface area contributed by atoms with Gasteiger partial charge in [-0.2, -0.15) is 5.26 Å². The van der Waals surface area contributed by atoms with Gasteiger partial charge in [0.05, 0.1) is 7.11 Å². The predicted molar refractivity (Wildman–Crippen MR) is 63.6 cm³/mol. The zero-order valence-corrected chi connectivity index (χ0v) is 9.84. The number of hydrogen-bond donors (Lipinski definition) is 0. The number of nitriles is 1. The SMILES string of the molecule is COc1ccc(-c2nc(C#N)c(C)s2)cc1. The van der Waals surface area contributed by atoms with Crippen LogP contribution in [0.2, 0.25) is 0 Å². The van der Waals surface area contributed by atoms with Crippen LogP contribution < -0.4 is 4.74 Å². The van der Waals surface area contributed by atoms with E-state index in [1.807, 2.05) is 31.2 Å². The van der Waals surface area contributed by atoms with Crippen LogP contribution in [0.25, 0.3) is 10.6 Å². The van der Waals surface area contributed by atoms with Crippen LogP contribution >= 0.6 is 11.3 Å². The summed E-state index contributed by atoms with van der Waals surface area (Å²) in [6, 6.07) is 9.74. The Hall–Kier alpha value is -1.86. The number of aryl methyl sites for hydroxylation is 1. The summed E-state index contributed by atoms with van der Waals surface area (Å²) in [7, 11) is 1.64. The van der Waals surface area contributed by atoms with E-state index in [0.29, 0.717) is 5.69 Å². The molecule has 0 radical (unpaired) electrons. The quantitative estimate of drug-likeness (QED) is 0.796. The van der Waals surface area contributed by atoms with Crippen molar-refractivity contribution in [3.63, 3.8) is 0 Å². The highest BCUT2D eigenvalue weighted by atomic mass is 32.1. The second kappa shape index (κ2) is 4.33. The first kappa shape index (κ1) is 10.7. The zero-order chi connectivity index (χ0) is 11.5. The fourth-order valence-electron chi connectivity index (χ4n) is 1.36. The van der Waals surface area contributed by atoms with E-state index in [4.69, 9.17) is 10.00 Å². The molecule has 2 rings (SSSR count). The molecule has 0 saturated heterocycles. The lowest BCUT2D eigenvalue weighted by Crippen LogP contribution is -1.82. The van der Waals surface area contributed by atoms with Crippen LogP contribution in [0.4, 0.5) is 0 Å². The predicted octanol–water partition coefficient (Wildman–Crippen LogP) is 3.00. The standard InChI is InChI=1S/C12H10N2OS/c1-8-11(7-13)14-12(16-8)9-3-5-10(15-2)6-4-9/h3-6H,1-2H3. The molecule has 2 aromatic rings. The highest BCUT2D eigenvalue weighted by Gasteiger charge is 2.08. The van der Waals surface area contributed by atoms with Gasteiger partial charge in [0.2, 0.25) is 0 Å². The third kappa shape index (κ3) is 1.90. The molecule has 0 aliphatic rings. The molecule has 0 spiro atoms. The maximum atomic E-state index is 8.84. The van der Waals surface area contributed by atoms with Crippen LogP contribution in [0.1, 0.15) is 10.6 Å². The van der Waals surface area contributed by atoms with E-state index in [0.717, 1.165) is 21.2 Å². The van der Waals surface area contributed by atoms with E-state index in [1.165, 1.54) is 11.3 Å². The van der Waals surface area contributed by atoms with Crippen molar-refractivity contribution in [1.29, 1.82) is 5.26 Å². The second-order valence-electron chi connectivity index (χ2n) is 3.26. The lowest BCUT2D eigenvalue weighted by Gasteiger charge is -1.99. The first-order chi connectivity index (χ1) is 7.74. The van der Waals surface area contributed by atoms with E-state index in [2.05, 4.69) is 11.1 Å². The average Bonchev–Trinajstić information content (AvgIpc) is 2.71. The Balaban J connectivity index is 2.39. The number of ether oxygens (including phenoxy) is 1. The summed E-state index contributed by atoms with van der Waals surface area (Å²) in [6.45, 7) is 1.91. The van der Waals surface area contributed by atoms with Gasteiger partial charge in [-0.25, -0.2) is 4.98 Å². The molecule has 0 N–H and O–H groups in total. The normalized spacial score (nSPS) is 9.81. The van der Waals surface area contributed by atoms with Gasteiger partial charge in [0, 0.05) is 10.4 Å². The van der Waals surface area contributed by atoms with Crippen molar-refractivity contribution in [3.05, 3.63) is 34.8 Å². The Morgan fingerprint density at radius 2 is 2.00 bits per heavy atom. The maximum Gasteiger partial charge on any atom is 0.155 e. The van der Waals surface area contributed by atoms with Gasteiger partial charge in [-0.1, -0.05) is 0 Å². The highest BCUT2D eigenvalue weighted by Crippen LogP contribution is 2.28. The van der Waals surface area contributed by atoms with Crippen molar-refractivity contribution in [2.75, 3.05) is 7.11 Å². The summed E-state index contributed by atoms with van der Waals surface area (Å²) < 4.78 is 5.09. The number of hydrogen-bond acceptors (Lipinski definition) is 4. The van der Waals surface area contributed by atoms with Crippen molar-refractivity contribution in [3.8, 4) is 22.4 Å². The summed E-state index contributed by atoms with van der Waals surface area (Å²) in [5.74, 6) is 0.817. The molecule has 0 aliphatic heterocycles. The van der Waals surface area contributed by atoms with Gasteiger partial charge in [0.1, 0.15) is 16.8 Å². The van der Waals surface area contributed by atoms with Crippen LogP contribution in [0.5, 0.6) is 5.75 Å². The third-order valence-electron chi connectivity index (χ3n) is 2.24. The third-order valence-corrected chi connectivity index (χ3v) is 3.26. The monoisotopic (exact) mass is 230 g/mol. The van der Waals surface area contributed by atoms with Gasteiger partial charge in [0.15, 0.2) is 5.69 Å². The molecule has 0 atom stereocenters. The Morgan fingerprint density at radius 3 is 2.50 bits per heavy atom. The van der Waals surface area contributed by atoms with Gasteiger partial charge >= 0.3 is 0 Å². The van der Waals surface area contributed by atoms with Crippen LogP contribution in [-0.4, -0.2) is 12.1 Å². The fourth-order valence-corrected chi connectivity index (χ4v) is 2.23. The Labute approximate surface area is 97.9 Å². The zero-order valence-electron chi connectivity index (χ0n) is 9.02. The van der Waals surface area contributed by atoms with Gasteiger partial charge < -0.3 is 4.74 Å². The Morgan fingerprint density at radius 1 is 1.31 bits per heavy atom.